The Morgan fingerprint density at radius 3 is 2.84 bits per heavy atom. The van der Waals surface area contributed by atoms with E-state index in [1.807, 2.05) is 31.5 Å². The number of benzene rings is 1. The first kappa shape index (κ1) is 19.0. The molecule has 2 atom stereocenters. The molecule has 2 aliphatic heterocycles. The van der Waals surface area contributed by atoms with E-state index in [1.54, 1.807) is 6.07 Å². The zero-order valence-electron chi connectivity index (χ0n) is 17.5. The number of ether oxygens (including phenoxy) is 1. The first-order chi connectivity index (χ1) is 15.5. The number of pyridine rings is 1. The summed E-state index contributed by atoms with van der Waals surface area (Å²) >= 11 is 0. The van der Waals surface area contributed by atoms with Crippen LogP contribution in [0.4, 0.5) is 5.69 Å². The van der Waals surface area contributed by atoms with Crippen LogP contribution in [0.5, 0.6) is 5.88 Å². The van der Waals surface area contributed by atoms with E-state index < -0.39 is 5.91 Å². The molecule has 9 heteroatoms. The van der Waals surface area contributed by atoms with E-state index in [2.05, 4.69) is 20.2 Å². The predicted molar refractivity (Wildman–Crippen MR) is 118 cm³/mol. The highest BCUT2D eigenvalue weighted by Crippen LogP contribution is 2.41. The maximum atomic E-state index is 11.8. The van der Waals surface area contributed by atoms with Gasteiger partial charge < -0.3 is 19.9 Å². The number of fused-ring (bicyclic) bond motifs is 2. The summed E-state index contributed by atoms with van der Waals surface area (Å²) in [4.78, 5) is 33.0. The van der Waals surface area contributed by atoms with Gasteiger partial charge in [0.25, 0.3) is 5.91 Å². The SMILES string of the molecule is C[C@@H](Oc1nc(-c2ccc3c(c2)NC(=O)C3=N)cc2ncn(C3CC3)c12)[C@H]1CNC(=O)C1. The highest BCUT2D eigenvalue weighted by molar-refractivity contribution is 6.52. The molecule has 9 nitrogen and oxygen atoms in total. The van der Waals surface area contributed by atoms with Gasteiger partial charge in [0.15, 0.2) is 0 Å². The Morgan fingerprint density at radius 1 is 1.25 bits per heavy atom. The van der Waals surface area contributed by atoms with E-state index in [9.17, 15) is 9.59 Å². The molecule has 0 radical (unpaired) electrons. The molecule has 0 spiro atoms. The third-order valence-corrected chi connectivity index (χ3v) is 6.49. The molecule has 6 rings (SSSR count). The summed E-state index contributed by atoms with van der Waals surface area (Å²) in [6.45, 7) is 2.57. The van der Waals surface area contributed by atoms with Crippen LogP contribution in [0.15, 0.2) is 30.6 Å². The van der Waals surface area contributed by atoms with Gasteiger partial charge in [-0.3, -0.25) is 15.0 Å². The van der Waals surface area contributed by atoms with E-state index in [-0.39, 0.29) is 23.6 Å². The van der Waals surface area contributed by atoms with Crippen LogP contribution in [0.1, 0.15) is 37.8 Å². The lowest BCUT2D eigenvalue weighted by Gasteiger charge is -2.20. The van der Waals surface area contributed by atoms with Gasteiger partial charge in [0.2, 0.25) is 11.8 Å². The number of anilines is 1. The van der Waals surface area contributed by atoms with Crippen molar-refractivity contribution < 1.29 is 14.3 Å². The Labute approximate surface area is 183 Å². The molecule has 3 N–H and O–H groups in total. The quantitative estimate of drug-likeness (QED) is 0.574. The molecule has 2 fully saturated rings. The van der Waals surface area contributed by atoms with Gasteiger partial charge in [-0.25, -0.2) is 9.97 Å². The zero-order valence-corrected chi connectivity index (χ0v) is 17.5. The monoisotopic (exact) mass is 430 g/mol. The molecule has 1 saturated heterocycles. The zero-order chi connectivity index (χ0) is 22.0. The van der Waals surface area contributed by atoms with Crippen LogP contribution in [0, 0.1) is 11.3 Å². The number of carbonyl (C=O) groups excluding carboxylic acids is 2. The van der Waals surface area contributed by atoms with Crippen molar-refractivity contribution in [3.05, 3.63) is 36.2 Å². The fourth-order valence-corrected chi connectivity index (χ4v) is 4.45. The van der Waals surface area contributed by atoms with Crippen LogP contribution in [0.3, 0.4) is 0 Å². The van der Waals surface area contributed by atoms with E-state index in [1.165, 1.54) is 0 Å². The molecule has 2 aromatic heterocycles. The summed E-state index contributed by atoms with van der Waals surface area (Å²) in [5.74, 6) is 0.236. The molecule has 2 amide bonds. The van der Waals surface area contributed by atoms with Crippen molar-refractivity contribution in [3.8, 4) is 17.1 Å². The first-order valence-corrected chi connectivity index (χ1v) is 10.8. The highest BCUT2D eigenvalue weighted by Gasteiger charge is 2.31. The van der Waals surface area contributed by atoms with Crippen LogP contribution in [-0.2, 0) is 9.59 Å². The highest BCUT2D eigenvalue weighted by atomic mass is 16.5. The van der Waals surface area contributed by atoms with Crippen molar-refractivity contribution >= 4 is 34.2 Å². The minimum absolute atomic E-state index is 0.0318. The summed E-state index contributed by atoms with van der Waals surface area (Å²) in [6, 6.07) is 7.79. The van der Waals surface area contributed by atoms with Crippen molar-refractivity contribution in [1.82, 2.24) is 19.9 Å². The van der Waals surface area contributed by atoms with E-state index in [0.717, 1.165) is 29.4 Å². The van der Waals surface area contributed by atoms with Gasteiger partial charge in [-0.1, -0.05) is 6.07 Å². The first-order valence-electron chi connectivity index (χ1n) is 10.8. The molecular weight excluding hydrogens is 408 g/mol. The summed E-state index contributed by atoms with van der Waals surface area (Å²) in [6.07, 6.45) is 4.32. The second-order valence-corrected chi connectivity index (χ2v) is 8.74. The molecule has 0 bridgehead atoms. The Morgan fingerprint density at radius 2 is 2.09 bits per heavy atom. The number of nitrogens with one attached hydrogen (secondary N) is 3. The lowest BCUT2D eigenvalue weighted by Crippen LogP contribution is -2.26. The molecular formula is C23H22N6O3. The lowest BCUT2D eigenvalue weighted by molar-refractivity contribution is -0.119. The second kappa shape index (κ2) is 6.88. The molecule has 3 aromatic rings. The van der Waals surface area contributed by atoms with Gasteiger partial charge in [0, 0.05) is 36.1 Å². The number of carbonyl (C=O) groups is 2. The van der Waals surface area contributed by atoms with Gasteiger partial charge >= 0.3 is 0 Å². The van der Waals surface area contributed by atoms with Crippen LogP contribution >= 0.6 is 0 Å². The number of hydrogen-bond donors (Lipinski definition) is 3. The number of imidazole rings is 1. The van der Waals surface area contributed by atoms with Gasteiger partial charge in [0.1, 0.15) is 17.3 Å². The van der Waals surface area contributed by atoms with Gasteiger partial charge in [-0.2, -0.15) is 0 Å². The van der Waals surface area contributed by atoms with Crippen LogP contribution in [-0.4, -0.2) is 44.7 Å². The second-order valence-electron chi connectivity index (χ2n) is 8.74. The minimum Gasteiger partial charge on any atom is -0.473 e. The number of nitrogens with zero attached hydrogens (tertiary/aromatic N) is 3. The van der Waals surface area contributed by atoms with Crippen LogP contribution in [0.2, 0.25) is 0 Å². The average molecular weight is 430 g/mol. The lowest BCUT2D eigenvalue weighted by atomic mass is 10.0. The molecule has 0 unspecified atom stereocenters. The molecule has 1 aliphatic carbocycles. The number of rotatable bonds is 5. The number of amides is 2. The van der Waals surface area contributed by atoms with Crippen molar-refractivity contribution in [2.45, 2.75) is 38.3 Å². The Bertz CT molecular complexity index is 1310. The standard InChI is InChI=1S/C23H22N6O3/c1-11(13-7-19(30)25-9-13)32-23-21-18(26-10-29(21)14-3-4-14)8-16(28-23)12-2-5-15-17(6-12)27-22(31)20(15)24/h2,5-6,8,10-11,13-14H,3-4,7,9H2,1H3,(H,25,30)(H2,24,27,31)/t11-,13-/m1/s1. The molecule has 3 aliphatic rings. The molecule has 1 saturated carbocycles. The maximum absolute atomic E-state index is 11.8. The fraction of sp³-hybridized carbons (Fsp3) is 0.348. The fourth-order valence-electron chi connectivity index (χ4n) is 4.45. The van der Waals surface area contributed by atoms with Crippen molar-refractivity contribution in [3.63, 3.8) is 0 Å². The molecule has 162 valence electrons. The van der Waals surface area contributed by atoms with Crippen molar-refractivity contribution in [2.24, 2.45) is 5.92 Å². The summed E-state index contributed by atoms with van der Waals surface area (Å²) in [5, 5.41) is 13.5. The van der Waals surface area contributed by atoms with Gasteiger partial charge in [-0.05, 0) is 38.0 Å². The van der Waals surface area contributed by atoms with E-state index in [4.69, 9.17) is 15.1 Å². The number of hydrogen-bond acceptors (Lipinski definition) is 6. The minimum atomic E-state index is -0.402. The van der Waals surface area contributed by atoms with E-state index in [0.29, 0.717) is 41.8 Å². The van der Waals surface area contributed by atoms with Gasteiger partial charge in [-0.15, -0.1) is 0 Å². The van der Waals surface area contributed by atoms with Crippen molar-refractivity contribution in [1.29, 1.82) is 5.41 Å². The smallest absolute Gasteiger partial charge is 0.274 e. The van der Waals surface area contributed by atoms with E-state index >= 15 is 0 Å². The topological polar surface area (TPSA) is 122 Å². The Hall–Kier alpha value is -3.75. The maximum Gasteiger partial charge on any atom is 0.274 e. The van der Waals surface area contributed by atoms with Gasteiger partial charge in [0.05, 0.1) is 23.2 Å². The molecule has 32 heavy (non-hydrogen) atoms. The normalized spacial score (nSPS) is 20.9. The molecule has 4 heterocycles. The number of aromatic nitrogens is 3. The van der Waals surface area contributed by atoms with Crippen molar-refractivity contribution in [2.75, 3.05) is 11.9 Å². The summed E-state index contributed by atoms with van der Waals surface area (Å²) < 4.78 is 8.49. The third-order valence-electron chi connectivity index (χ3n) is 6.49. The predicted octanol–water partition coefficient (Wildman–Crippen LogP) is 2.66. The molecule has 1 aromatic carbocycles. The summed E-state index contributed by atoms with van der Waals surface area (Å²) in [5.41, 5.74) is 4.30. The largest absolute Gasteiger partial charge is 0.473 e. The van der Waals surface area contributed by atoms with Crippen LogP contribution < -0.4 is 15.4 Å². The average Bonchev–Trinajstić information content (AvgIpc) is 3.26. The van der Waals surface area contributed by atoms with Crippen LogP contribution in [0.25, 0.3) is 22.3 Å². The Kier molecular flexibility index (Phi) is 4.08. The Balaban J connectivity index is 1.42. The summed E-state index contributed by atoms with van der Waals surface area (Å²) in [7, 11) is 0. The third kappa shape index (κ3) is 3.04.